The highest BCUT2D eigenvalue weighted by Gasteiger charge is 2.09. The smallest absolute Gasteiger partial charge is 0.280 e. The van der Waals surface area contributed by atoms with Gasteiger partial charge in [0.25, 0.3) is 11.2 Å². The highest BCUT2D eigenvalue weighted by Crippen LogP contribution is 2.25. The van der Waals surface area contributed by atoms with Crippen LogP contribution in [-0.4, -0.2) is 14.9 Å². The van der Waals surface area contributed by atoms with Crippen molar-refractivity contribution in [1.82, 2.24) is 9.97 Å². The van der Waals surface area contributed by atoms with Crippen LogP contribution in [0.15, 0.2) is 33.2 Å². The van der Waals surface area contributed by atoms with Gasteiger partial charge in [-0.2, -0.15) is 0 Å². The number of nitro groups is 1. The second-order valence-corrected chi connectivity index (χ2v) is 4.31. The molecule has 1 heterocycles. The summed E-state index contributed by atoms with van der Waals surface area (Å²) in [6.07, 6.45) is 0. The minimum absolute atomic E-state index is 0.0282. The van der Waals surface area contributed by atoms with Crippen molar-refractivity contribution in [3.8, 4) is 0 Å². The van der Waals surface area contributed by atoms with Gasteiger partial charge < -0.3 is 10.7 Å². The Kier molecular flexibility index (Phi) is 3.74. The van der Waals surface area contributed by atoms with E-state index in [4.69, 9.17) is 5.73 Å². The fourth-order valence-electron chi connectivity index (χ4n) is 1.67. The molecular weight excluding hydrogens is 276 g/mol. The molecule has 0 aliphatic carbocycles. The second kappa shape index (κ2) is 5.49. The van der Waals surface area contributed by atoms with Crippen LogP contribution in [0.3, 0.4) is 0 Å². The van der Waals surface area contributed by atoms with E-state index >= 15 is 0 Å². The zero-order valence-corrected chi connectivity index (χ0v) is 11.3. The Morgan fingerprint density at radius 3 is 2.62 bits per heavy atom. The molecule has 0 atom stereocenters. The summed E-state index contributed by atoms with van der Waals surface area (Å²) in [5.41, 5.74) is 5.94. The van der Waals surface area contributed by atoms with Crippen molar-refractivity contribution in [2.45, 2.75) is 13.8 Å². The van der Waals surface area contributed by atoms with Crippen LogP contribution < -0.4 is 11.3 Å². The summed E-state index contributed by atoms with van der Waals surface area (Å²) in [6.45, 7) is 3.25. The SMILES string of the molecule is Cc1nc(N)c(N=Nc2ccc([N+](=O)[O-])cc2C)c(=O)[nH]1. The number of aromatic nitrogens is 2. The van der Waals surface area contributed by atoms with Gasteiger partial charge >= 0.3 is 0 Å². The van der Waals surface area contributed by atoms with Gasteiger partial charge in [-0.1, -0.05) is 0 Å². The van der Waals surface area contributed by atoms with Crippen molar-refractivity contribution in [1.29, 1.82) is 0 Å². The number of nitrogens with one attached hydrogen (secondary N) is 1. The molecule has 0 saturated heterocycles. The third kappa shape index (κ3) is 3.08. The van der Waals surface area contributed by atoms with Gasteiger partial charge in [-0.25, -0.2) is 4.98 Å². The number of nitrogens with zero attached hydrogens (tertiary/aromatic N) is 4. The van der Waals surface area contributed by atoms with Crippen LogP contribution in [0.2, 0.25) is 0 Å². The molecule has 0 amide bonds. The lowest BCUT2D eigenvalue weighted by Crippen LogP contribution is -2.11. The van der Waals surface area contributed by atoms with Gasteiger partial charge in [-0.3, -0.25) is 14.9 Å². The van der Waals surface area contributed by atoms with Crippen LogP contribution in [-0.2, 0) is 0 Å². The molecule has 9 heteroatoms. The molecule has 3 N–H and O–H groups in total. The van der Waals surface area contributed by atoms with Gasteiger partial charge in [0.15, 0.2) is 11.5 Å². The number of non-ortho nitro benzene ring substituents is 1. The number of nitrogen functional groups attached to an aromatic ring is 1. The fraction of sp³-hybridized carbons (Fsp3) is 0.167. The van der Waals surface area contributed by atoms with E-state index in [1.807, 2.05) is 0 Å². The number of H-pyrrole nitrogens is 1. The number of hydrogen-bond acceptors (Lipinski definition) is 7. The van der Waals surface area contributed by atoms with Crippen LogP contribution in [0, 0.1) is 24.0 Å². The Hall–Kier alpha value is -3.10. The lowest BCUT2D eigenvalue weighted by molar-refractivity contribution is -0.384. The van der Waals surface area contributed by atoms with Crippen molar-refractivity contribution in [3.05, 3.63) is 50.1 Å². The molecule has 0 spiro atoms. The fourth-order valence-corrected chi connectivity index (χ4v) is 1.67. The van der Waals surface area contributed by atoms with E-state index in [2.05, 4.69) is 20.2 Å². The molecule has 9 nitrogen and oxygen atoms in total. The van der Waals surface area contributed by atoms with E-state index in [0.29, 0.717) is 17.1 Å². The lowest BCUT2D eigenvalue weighted by Gasteiger charge is -2.00. The number of azo groups is 1. The normalized spacial score (nSPS) is 11.0. The van der Waals surface area contributed by atoms with E-state index in [9.17, 15) is 14.9 Å². The zero-order valence-electron chi connectivity index (χ0n) is 11.3. The van der Waals surface area contributed by atoms with Crippen molar-refractivity contribution in [2.24, 2.45) is 10.2 Å². The van der Waals surface area contributed by atoms with Crippen LogP contribution in [0.1, 0.15) is 11.4 Å². The number of nitrogens with two attached hydrogens (primary N) is 1. The van der Waals surface area contributed by atoms with Crippen LogP contribution in [0.4, 0.5) is 22.9 Å². The van der Waals surface area contributed by atoms with E-state index in [1.165, 1.54) is 18.2 Å². The quantitative estimate of drug-likeness (QED) is 0.506. The van der Waals surface area contributed by atoms with Gasteiger partial charge in [0.1, 0.15) is 5.82 Å². The van der Waals surface area contributed by atoms with Crippen molar-refractivity contribution in [3.63, 3.8) is 0 Å². The highest BCUT2D eigenvalue weighted by atomic mass is 16.6. The van der Waals surface area contributed by atoms with E-state index < -0.39 is 10.5 Å². The molecule has 0 fully saturated rings. The Balaban J connectivity index is 2.39. The maximum atomic E-state index is 11.7. The first-order valence-corrected chi connectivity index (χ1v) is 5.91. The summed E-state index contributed by atoms with van der Waals surface area (Å²) < 4.78 is 0. The minimum atomic E-state index is -0.499. The van der Waals surface area contributed by atoms with E-state index in [0.717, 1.165) is 0 Å². The average Bonchev–Trinajstić information content (AvgIpc) is 2.38. The van der Waals surface area contributed by atoms with Crippen LogP contribution in [0.5, 0.6) is 0 Å². The number of anilines is 1. The zero-order chi connectivity index (χ0) is 15.6. The van der Waals surface area contributed by atoms with Gasteiger partial charge in [0.2, 0.25) is 0 Å². The van der Waals surface area contributed by atoms with Crippen molar-refractivity contribution in [2.75, 3.05) is 5.73 Å². The van der Waals surface area contributed by atoms with Gasteiger partial charge in [-0.15, -0.1) is 10.2 Å². The van der Waals surface area contributed by atoms with Crippen molar-refractivity contribution >= 4 is 22.9 Å². The molecule has 0 aliphatic heterocycles. The molecule has 0 aliphatic rings. The van der Waals surface area contributed by atoms with Gasteiger partial charge in [0.05, 0.1) is 10.6 Å². The molecule has 2 aromatic rings. The van der Waals surface area contributed by atoms with E-state index in [-0.39, 0.29) is 17.2 Å². The first kappa shape index (κ1) is 14.3. The van der Waals surface area contributed by atoms with Gasteiger partial charge in [0, 0.05) is 12.1 Å². The Labute approximate surface area is 118 Å². The third-order valence-corrected chi connectivity index (χ3v) is 2.69. The standard InChI is InChI=1S/C12H12N6O3/c1-6-5-8(18(20)21)3-4-9(6)16-17-10-11(13)14-7(2)15-12(10)19/h3-5H,1-2H3,(H3,13,14,15,19). The maximum absolute atomic E-state index is 11.7. The number of benzene rings is 1. The number of aryl methyl sites for hydroxylation is 2. The molecule has 0 bridgehead atoms. The Morgan fingerprint density at radius 1 is 1.33 bits per heavy atom. The molecule has 2 rings (SSSR count). The minimum Gasteiger partial charge on any atom is -0.382 e. The largest absolute Gasteiger partial charge is 0.382 e. The summed E-state index contributed by atoms with van der Waals surface area (Å²) in [7, 11) is 0. The average molecular weight is 288 g/mol. The number of rotatable bonds is 3. The molecule has 1 aromatic carbocycles. The highest BCUT2D eigenvalue weighted by molar-refractivity contribution is 5.56. The van der Waals surface area contributed by atoms with Gasteiger partial charge in [-0.05, 0) is 25.5 Å². The molecule has 0 saturated carbocycles. The number of aromatic amines is 1. The summed E-state index contributed by atoms with van der Waals surface area (Å²) in [4.78, 5) is 28.2. The maximum Gasteiger partial charge on any atom is 0.280 e. The van der Waals surface area contributed by atoms with Crippen LogP contribution in [0.25, 0.3) is 0 Å². The summed E-state index contributed by atoms with van der Waals surface area (Å²) in [6, 6.07) is 4.13. The number of hydrogen-bond donors (Lipinski definition) is 2. The second-order valence-electron chi connectivity index (χ2n) is 4.31. The Morgan fingerprint density at radius 2 is 2.05 bits per heavy atom. The summed E-state index contributed by atoms with van der Waals surface area (Å²) >= 11 is 0. The lowest BCUT2D eigenvalue weighted by atomic mass is 10.2. The summed E-state index contributed by atoms with van der Waals surface area (Å²) in [5.74, 6) is 0.350. The van der Waals surface area contributed by atoms with Crippen LogP contribution >= 0.6 is 0 Å². The molecule has 1 aromatic heterocycles. The first-order chi connectivity index (χ1) is 9.88. The number of nitro benzene ring substituents is 1. The topological polar surface area (TPSA) is 140 Å². The molecule has 108 valence electrons. The summed E-state index contributed by atoms with van der Waals surface area (Å²) in [5, 5.41) is 18.3. The molecule has 0 radical (unpaired) electrons. The molecule has 0 unspecified atom stereocenters. The Bertz CT molecular complexity index is 796. The third-order valence-electron chi connectivity index (χ3n) is 2.69. The van der Waals surface area contributed by atoms with Crippen molar-refractivity contribution < 1.29 is 4.92 Å². The molecular formula is C12H12N6O3. The van der Waals surface area contributed by atoms with E-state index in [1.54, 1.807) is 13.8 Å². The monoisotopic (exact) mass is 288 g/mol. The first-order valence-electron chi connectivity index (χ1n) is 5.91. The predicted octanol–water partition coefficient (Wildman–Crippen LogP) is 2.29. The predicted molar refractivity (Wildman–Crippen MR) is 76.0 cm³/mol. The molecule has 21 heavy (non-hydrogen) atoms.